The quantitative estimate of drug-likeness (QED) is 0.443. The van der Waals surface area contributed by atoms with Crippen molar-refractivity contribution in [3.8, 4) is 0 Å². The third kappa shape index (κ3) is 4.78. The number of hydrogen-bond acceptors (Lipinski definition) is 0. The zero-order chi connectivity index (χ0) is 18.0. The summed E-state index contributed by atoms with van der Waals surface area (Å²) in [6, 6.07) is 0. The Balaban J connectivity index is 2.30. The van der Waals surface area contributed by atoms with Crippen molar-refractivity contribution in [1.29, 1.82) is 0 Å². The van der Waals surface area contributed by atoms with Crippen molar-refractivity contribution in [2.75, 3.05) is 0 Å². The maximum Gasteiger partial charge on any atom is -0.0171 e. The molecule has 0 spiro atoms. The van der Waals surface area contributed by atoms with Gasteiger partial charge in [-0.15, -0.1) is 0 Å². The fraction of sp³-hybridized carbons (Fsp3) is 1.00. The molecule has 2 aliphatic carbocycles. The molecule has 0 heterocycles. The van der Waals surface area contributed by atoms with Gasteiger partial charge in [0.05, 0.1) is 0 Å². The third-order valence-corrected chi connectivity index (χ3v) is 11.2. The minimum absolute atomic E-state index is 0.147. The molecule has 142 valence electrons. The van der Waals surface area contributed by atoms with Crippen LogP contribution in [0.15, 0.2) is 0 Å². The Morgan fingerprint density at radius 2 is 1.00 bits per heavy atom. The molecule has 0 aromatic heterocycles. The fourth-order valence-corrected chi connectivity index (χ4v) is 11.1. The highest BCUT2D eigenvalue weighted by Crippen LogP contribution is 2.63. The summed E-state index contributed by atoms with van der Waals surface area (Å²) in [4.78, 5) is 0. The molecule has 1 unspecified atom stereocenters. The Hall–Kier alpha value is 0.430. The highest BCUT2D eigenvalue weighted by molar-refractivity contribution is 7.59. The summed E-state index contributed by atoms with van der Waals surface area (Å²) in [6.07, 6.45) is 9.03. The van der Waals surface area contributed by atoms with E-state index in [2.05, 4.69) is 55.4 Å². The van der Waals surface area contributed by atoms with Crippen molar-refractivity contribution in [3.05, 3.63) is 0 Å². The van der Waals surface area contributed by atoms with Gasteiger partial charge < -0.3 is 0 Å². The van der Waals surface area contributed by atoms with E-state index in [0.29, 0.717) is 0 Å². The van der Waals surface area contributed by atoms with E-state index >= 15 is 0 Å². The van der Waals surface area contributed by atoms with Gasteiger partial charge in [-0.2, -0.15) is 0 Å². The van der Waals surface area contributed by atoms with Crippen molar-refractivity contribution < 1.29 is 0 Å². The van der Waals surface area contributed by atoms with Crippen LogP contribution in [0.2, 0.25) is 0 Å². The van der Waals surface area contributed by atoms with E-state index in [1.54, 1.807) is 0 Å². The van der Waals surface area contributed by atoms with Crippen LogP contribution in [-0.4, -0.2) is 17.0 Å². The van der Waals surface area contributed by atoms with Gasteiger partial charge in [0.1, 0.15) is 0 Å². The monoisotopic (exact) mass is 352 g/mol. The van der Waals surface area contributed by atoms with Gasteiger partial charge in [0.15, 0.2) is 0 Å². The van der Waals surface area contributed by atoms with Crippen molar-refractivity contribution in [2.24, 2.45) is 35.5 Å². The zero-order valence-corrected chi connectivity index (χ0v) is 18.8. The SMILES string of the molecule is CC(C)[C@H]1CC[C@@H](C)C[C@H]1P(C(C)C)[C@@H]1C[C@H](C)CC[C@H]1C(C)C. The average Bonchev–Trinajstić information content (AvgIpc) is 2.46. The summed E-state index contributed by atoms with van der Waals surface area (Å²) >= 11 is 0. The summed E-state index contributed by atoms with van der Waals surface area (Å²) in [5.74, 6) is 5.69. The molecule has 0 aromatic carbocycles. The second-order valence-electron chi connectivity index (χ2n) is 10.3. The molecule has 2 rings (SSSR count). The summed E-state index contributed by atoms with van der Waals surface area (Å²) in [7, 11) is 0.147. The molecule has 0 bridgehead atoms. The van der Waals surface area contributed by atoms with E-state index in [0.717, 1.165) is 52.5 Å². The van der Waals surface area contributed by atoms with Crippen molar-refractivity contribution in [3.63, 3.8) is 0 Å². The van der Waals surface area contributed by atoms with E-state index in [9.17, 15) is 0 Å². The first kappa shape index (κ1) is 20.7. The van der Waals surface area contributed by atoms with Crippen LogP contribution in [0.3, 0.4) is 0 Å². The lowest BCUT2D eigenvalue weighted by atomic mass is 9.76. The van der Waals surface area contributed by atoms with E-state index in [-0.39, 0.29) is 7.92 Å². The lowest BCUT2D eigenvalue weighted by molar-refractivity contribution is 0.222. The van der Waals surface area contributed by atoms with Crippen LogP contribution in [0.25, 0.3) is 0 Å². The van der Waals surface area contributed by atoms with Gasteiger partial charge in [0, 0.05) is 0 Å². The van der Waals surface area contributed by atoms with Crippen LogP contribution in [0.5, 0.6) is 0 Å². The van der Waals surface area contributed by atoms with Crippen LogP contribution in [0.1, 0.15) is 93.9 Å². The highest BCUT2D eigenvalue weighted by atomic mass is 31.1. The molecule has 2 saturated carbocycles. The molecule has 0 aromatic rings. The van der Waals surface area contributed by atoms with E-state index in [1.165, 1.54) is 38.5 Å². The smallest absolute Gasteiger partial charge is 0.0171 e. The van der Waals surface area contributed by atoms with Gasteiger partial charge in [-0.05, 0) is 78.2 Å². The summed E-state index contributed by atoms with van der Waals surface area (Å²) in [6.45, 7) is 20.2. The molecule has 1 heteroatoms. The molecule has 0 saturated heterocycles. The maximum absolute atomic E-state index is 2.57. The van der Waals surface area contributed by atoms with Gasteiger partial charge in [-0.25, -0.2) is 0 Å². The highest BCUT2D eigenvalue weighted by Gasteiger charge is 2.44. The molecule has 0 aliphatic heterocycles. The molecule has 0 nitrogen and oxygen atoms in total. The first-order valence-corrected chi connectivity index (χ1v) is 12.5. The molecular weight excluding hydrogens is 307 g/mol. The Bertz CT molecular complexity index is 340. The minimum Gasteiger partial charge on any atom is -0.0971 e. The Labute approximate surface area is 154 Å². The predicted molar refractivity (Wildman–Crippen MR) is 112 cm³/mol. The molecule has 0 radical (unpaired) electrons. The minimum atomic E-state index is 0.147. The average molecular weight is 353 g/mol. The van der Waals surface area contributed by atoms with Gasteiger partial charge in [-0.1, -0.05) is 76.2 Å². The summed E-state index contributed by atoms with van der Waals surface area (Å²) < 4.78 is 0. The molecule has 2 aliphatic rings. The van der Waals surface area contributed by atoms with Crippen LogP contribution in [-0.2, 0) is 0 Å². The van der Waals surface area contributed by atoms with Crippen LogP contribution < -0.4 is 0 Å². The van der Waals surface area contributed by atoms with Gasteiger partial charge in [0.25, 0.3) is 0 Å². The predicted octanol–water partition coefficient (Wildman–Crippen LogP) is 7.80. The molecule has 24 heavy (non-hydrogen) atoms. The van der Waals surface area contributed by atoms with Crippen molar-refractivity contribution >= 4 is 7.92 Å². The second kappa shape index (κ2) is 8.88. The third-order valence-electron chi connectivity index (χ3n) is 7.34. The normalized spacial score (nSPS) is 39.6. The first-order valence-electron chi connectivity index (χ1n) is 11.0. The molecule has 0 N–H and O–H groups in total. The van der Waals surface area contributed by atoms with E-state index in [1.807, 2.05) is 0 Å². The number of hydrogen-bond donors (Lipinski definition) is 0. The second-order valence-corrected chi connectivity index (χ2v) is 13.6. The van der Waals surface area contributed by atoms with E-state index < -0.39 is 0 Å². The van der Waals surface area contributed by atoms with Crippen LogP contribution >= 0.6 is 7.92 Å². The summed E-state index contributed by atoms with van der Waals surface area (Å²) in [5, 5.41) is 0. The maximum atomic E-state index is 2.57. The van der Waals surface area contributed by atoms with Crippen molar-refractivity contribution in [2.45, 2.75) is 111 Å². The fourth-order valence-electron chi connectivity index (χ4n) is 6.00. The van der Waals surface area contributed by atoms with Gasteiger partial charge in [-0.3, -0.25) is 0 Å². The van der Waals surface area contributed by atoms with Crippen molar-refractivity contribution in [1.82, 2.24) is 0 Å². The largest absolute Gasteiger partial charge is 0.0971 e. The lowest BCUT2D eigenvalue weighted by Crippen LogP contribution is -2.40. The number of rotatable bonds is 5. The van der Waals surface area contributed by atoms with Gasteiger partial charge >= 0.3 is 0 Å². The van der Waals surface area contributed by atoms with Gasteiger partial charge in [0.2, 0.25) is 0 Å². The molecule has 0 amide bonds. The molecular formula is C23H45P. The molecule has 7 atom stereocenters. The Morgan fingerprint density at radius 3 is 1.29 bits per heavy atom. The van der Waals surface area contributed by atoms with E-state index in [4.69, 9.17) is 0 Å². The first-order chi connectivity index (χ1) is 11.2. The molecule has 2 fully saturated rings. The topological polar surface area (TPSA) is 0 Å². The standard InChI is InChI=1S/C23H45P/c1-15(2)20-11-9-18(7)13-22(20)24(17(5)6)23-14-19(8)10-12-21(23)16(3)4/h15-23H,9-14H2,1-8H3/t18-,19-,20-,21+,22-,23-,24?/m1/s1. The summed E-state index contributed by atoms with van der Waals surface area (Å²) in [5.41, 5.74) is 2.99. The lowest BCUT2D eigenvalue weighted by Gasteiger charge is -2.51. The van der Waals surface area contributed by atoms with Crippen LogP contribution in [0.4, 0.5) is 0 Å². The zero-order valence-electron chi connectivity index (χ0n) is 17.9. The Morgan fingerprint density at radius 1 is 0.625 bits per heavy atom. The van der Waals surface area contributed by atoms with Crippen LogP contribution in [0, 0.1) is 35.5 Å². The Kier molecular flexibility index (Phi) is 7.67.